The molecular formula is C12H18N2O2. The second-order valence-electron chi connectivity index (χ2n) is 4.02. The van der Waals surface area contributed by atoms with Crippen LogP contribution in [0.5, 0.6) is 0 Å². The van der Waals surface area contributed by atoms with Crippen LogP contribution in [0.4, 0.5) is 5.69 Å². The summed E-state index contributed by atoms with van der Waals surface area (Å²) in [5.41, 5.74) is 7.64. The lowest BCUT2D eigenvalue weighted by atomic mass is 9.95. The highest BCUT2D eigenvalue weighted by molar-refractivity contribution is 5.68. The molecule has 1 atom stereocenters. The SMILES string of the molecule is CN(C)c1cccc(C(CN)CC(=O)O)c1. The first-order valence-corrected chi connectivity index (χ1v) is 5.23. The minimum Gasteiger partial charge on any atom is -0.481 e. The minimum atomic E-state index is -0.814. The van der Waals surface area contributed by atoms with Crippen LogP contribution in [0.1, 0.15) is 17.9 Å². The van der Waals surface area contributed by atoms with Crippen molar-refractivity contribution in [1.29, 1.82) is 0 Å². The van der Waals surface area contributed by atoms with Crippen molar-refractivity contribution in [1.82, 2.24) is 0 Å². The van der Waals surface area contributed by atoms with E-state index in [1.165, 1.54) is 0 Å². The maximum Gasteiger partial charge on any atom is 0.304 e. The monoisotopic (exact) mass is 222 g/mol. The van der Waals surface area contributed by atoms with Gasteiger partial charge in [0, 0.05) is 25.7 Å². The van der Waals surface area contributed by atoms with Crippen molar-refractivity contribution in [2.75, 3.05) is 25.5 Å². The summed E-state index contributed by atoms with van der Waals surface area (Å²) < 4.78 is 0. The Morgan fingerprint density at radius 2 is 2.19 bits per heavy atom. The molecule has 0 amide bonds. The number of nitrogens with zero attached hydrogens (tertiary/aromatic N) is 1. The van der Waals surface area contributed by atoms with Gasteiger partial charge in [-0.2, -0.15) is 0 Å². The molecule has 0 bridgehead atoms. The summed E-state index contributed by atoms with van der Waals surface area (Å²) in [5.74, 6) is -0.928. The van der Waals surface area contributed by atoms with Crippen molar-refractivity contribution in [3.63, 3.8) is 0 Å². The molecule has 0 saturated carbocycles. The van der Waals surface area contributed by atoms with Crippen molar-refractivity contribution in [3.8, 4) is 0 Å². The maximum absolute atomic E-state index is 10.7. The van der Waals surface area contributed by atoms with E-state index in [1.807, 2.05) is 43.3 Å². The molecule has 1 unspecified atom stereocenters. The van der Waals surface area contributed by atoms with E-state index in [0.29, 0.717) is 6.54 Å². The van der Waals surface area contributed by atoms with E-state index in [1.54, 1.807) is 0 Å². The van der Waals surface area contributed by atoms with Gasteiger partial charge in [-0.15, -0.1) is 0 Å². The lowest BCUT2D eigenvalue weighted by Crippen LogP contribution is -2.17. The average Bonchev–Trinajstić information content (AvgIpc) is 2.25. The molecule has 0 aromatic heterocycles. The predicted octanol–water partition coefficient (Wildman–Crippen LogP) is 1.27. The molecule has 0 heterocycles. The smallest absolute Gasteiger partial charge is 0.304 e. The second kappa shape index (κ2) is 5.51. The molecule has 0 fully saturated rings. The van der Waals surface area contributed by atoms with Crippen LogP contribution in [0.2, 0.25) is 0 Å². The molecule has 4 heteroatoms. The van der Waals surface area contributed by atoms with Gasteiger partial charge in [-0.1, -0.05) is 12.1 Å². The van der Waals surface area contributed by atoms with Gasteiger partial charge in [-0.05, 0) is 24.2 Å². The molecule has 3 N–H and O–H groups in total. The summed E-state index contributed by atoms with van der Waals surface area (Å²) in [5, 5.41) is 8.79. The molecule has 1 aromatic rings. The number of anilines is 1. The van der Waals surface area contributed by atoms with Gasteiger partial charge in [0.05, 0.1) is 6.42 Å². The summed E-state index contributed by atoms with van der Waals surface area (Å²) >= 11 is 0. The topological polar surface area (TPSA) is 66.6 Å². The van der Waals surface area contributed by atoms with E-state index in [0.717, 1.165) is 11.3 Å². The van der Waals surface area contributed by atoms with Crippen LogP contribution in [0, 0.1) is 0 Å². The molecule has 0 spiro atoms. The lowest BCUT2D eigenvalue weighted by Gasteiger charge is -2.17. The minimum absolute atomic E-state index is 0.0768. The Balaban J connectivity index is 2.92. The standard InChI is InChI=1S/C12H18N2O2/c1-14(2)11-5-3-4-9(6-11)10(8-13)7-12(15)16/h3-6,10H,7-8,13H2,1-2H3,(H,15,16). The van der Waals surface area contributed by atoms with E-state index in [2.05, 4.69) is 0 Å². The zero-order valence-corrected chi connectivity index (χ0v) is 9.68. The third kappa shape index (κ3) is 3.24. The number of nitrogens with two attached hydrogens (primary N) is 1. The van der Waals surface area contributed by atoms with Gasteiger partial charge in [-0.25, -0.2) is 0 Å². The Hall–Kier alpha value is -1.55. The number of benzene rings is 1. The fourth-order valence-corrected chi connectivity index (χ4v) is 1.60. The Morgan fingerprint density at radius 1 is 1.50 bits per heavy atom. The van der Waals surface area contributed by atoms with E-state index in [9.17, 15) is 4.79 Å². The van der Waals surface area contributed by atoms with Crippen LogP contribution in [-0.2, 0) is 4.79 Å². The van der Waals surface area contributed by atoms with Gasteiger partial charge in [0.15, 0.2) is 0 Å². The first-order valence-electron chi connectivity index (χ1n) is 5.23. The number of aliphatic carboxylic acids is 1. The van der Waals surface area contributed by atoms with Gasteiger partial charge < -0.3 is 15.7 Å². The number of carboxylic acid groups (broad SMARTS) is 1. The number of rotatable bonds is 5. The number of carboxylic acids is 1. The van der Waals surface area contributed by atoms with Crippen molar-refractivity contribution < 1.29 is 9.90 Å². The summed E-state index contributed by atoms with van der Waals surface area (Å²) in [7, 11) is 3.90. The second-order valence-corrected chi connectivity index (χ2v) is 4.02. The Labute approximate surface area is 95.7 Å². The third-order valence-corrected chi connectivity index (χ3v) is 2.56. The quantitative estimate of drug-likeness (QED) is 0.787. The van der Waals surface area contributed by atoms with Gasteiger partial charge >= 0.3 is 5.97 Å². The van der Waals surface area contributed by atoms with Gasteiger partial charge in [0.25, 0.3) is 0 Å². The number of hydrogen-bond acceptors (Lipinski definition) is 3. The third-order valence-electron chi connectivity index (χ3n) is 2.56. The molecule has 0 aliphatic rings. The van der Waals surface area contributed by atoms with Crippen LogP contribution in [0.3, 0.4) is 0 Å². The van der Waals surface area contributed by atoms with Crippen molar-refractivity contribution >= 4 is 11.7 Å². The average molecular weight is 222 g/mol. The van der Waals surface area contributed by atoms with Gasteiger partial charge in [0.1, 0.15) is 0 Å². The van der Waals surface area contributed by atoms with E-state index < -0.39 is 5.97 Å². The van der Waals surface area contributed by atoms with Crippen molar-refractivity contribution in [2.45, 2.75) is 12.3 Å². The van der Waals surface area contributed by atoms with E-state index in [4.69, 9.17) is 10.8 Å². The fourth-order valence-electron chi connectivity index (χ4n) is 1.60. The van der Waals surface area contributed by atoms with Crippen LogP contribution in [-0.4, -0.2) is 31.7 Å². The molecule has 0 aliphatic heterocycles. The Kier molecular flexibility index (Phi) is 4.31. The molecule has 0 radical (unpaired) electrons. The van der Waals surface area contributed by atoms with E-state index >= 15 is 0 Å². The van der Waals surface area contributed by atoms with Crippen LogP contribution >= 0.6 is 0 Å². The molecule has 88 valence electrons. The summed E-state index contributed by atoms with van der Waals surface area (Å²) in [6, 6.07) is 7.82. The highest BCUT2D eigenvalue weighted by Crippen LogP contribution is 2.22. The van der Waals surface area contributed by atoms with Gasteiger partial charge in [0.2, 0.25) is 0 Å². The molecular weight excluding hydrogens is 204 g/mol. The largest absolute Gasteiger partial charge is 0.481 e. The van der Waals surface area contributed by atoms with Crippen molar-refractivity contribution in [3.05, 3.63) is 29.8 Å². The number of hydrogen-bond donors (Lipinski definition) is 2. The van der Waals surface area contributed by atoms with E-state index in [-0.39, 0.29) is 12.3 Å². The molecule has 1 aromatic carbocycles. The Morgan fingerprint density at radius 3 is 2.69 bits per heavy atom. The van der Waals surface area contributed by atoms with Crippen LogP contribution in [0.15, 0.2) is 24.3 Å². The first kappa shape index (κ1) is 12.5. The highest BCUT2D eigenvalue weighted by Gasteiger charge is 2.14. The number of carbonyl (C=O) groups is 1. The normalized spacial score (nSPS) is 12.2. The van der Waals surface area contributed by atoms with Gasteiger partial charge in [-0.3, -0.25) is 4.79 Å². The highest BCUT2D eigenvalue weighted by atomic mass is 16.4. The summed E-state index contributed by atoms with van der Waals surface area (Å²) in [6.07, 6.45) is 0.0768. The summed E-state index contributed by atoms with van der Waals surface area (Å²) in [6.45, 7) is 0.350. The van der Waals surface area contributed by atoms with Crippen LogP contribution in [0.25, 0.3) is 0 Å². The Bertz CT molecular complexity index is 364. The molecule has 4 nitrogen and oxygen atoms in total. The van der Waals surface area contributed by atoms with Crippen LogP contribution < -0.4 is 10.6 Å². The lowest BCUT2D eigenvalue weighted by molar-refractivity contribution is -0.137. The zero-order chi connectivity index (χ0) is 12.1. The first-order chi connectivity index (χ1) is 7.54. The van der Waals surface area contributed by atoms with Crippen molar-refractivity contribution in [2.24, 2.45) is 5.73 Å². The molecule has 16 heavy (non-hydrogen) atoms. The molecule has 1 rings (SSSR count). The zero-order valence-electron chi connectivity index (χ0n) is 9.68. The fraction of sp³-hybridized carbons (Fsp3) is 0.417. The maximum atomic E-state index is 10.7. The molecule has 0 saturated heterocycles. The summed E-state index contributed by atoms with van der Waals surface area (Å²) in [4.78, 5) is 12.7. The predicted molar refractivity (Wildman–Crippen MR) is 64.8 cm³/mol. The molecule has 0 aliphatic carbocycles.